The van der Waals surface area contributed by atoms with Gasteiger partial charge in [-0.25, -0.2) is 8.78 Å². The Balaban J connectivity index is 2.45. The fourth-order valence-electron chi connectivity index (χ4n) is 1.27. The zero-order valence-electron chi connectivity index (χ0n) is 7.84. The molecule has 1 nitrogen and oxygen atoms in total. The molecular formula is C11H5ClF2OS. The number of ketones is 1. The minimum absolute atomic E-state index is 0.0400. The standard InChI is InChI=1S/C11H5ClF2OS/c12-9-1-2-16-11(9)10(15)6-3-7(13)5-8(14)4-6/h1-5H. The molecule has 82 valence electrons. The number of carbonyl (C=O) groups excluding carboxylic acids is 1. The van der Waals surface area contributed by atoms with Crippen molar-refractivity contribution in [3.05, 3.63) is 56.7 Å². The summed E-state index contributed by atoms with van der Waals surface area (Å²) in [4.78, 5) is 12.1. The van der Waals surface area contributed by atoms with E-state index in [9.17, 15) is 13.6 Å². The van der Waals surface area contributed by atoms with Gasteiger partial charge in [-0.05, 0) is 23.6 Å². The van der Waals surface area contributed by atoms with E-state index in [4.69, 9.17) is 11.6 Å². The molecule has 0 aliphatic rings. The lowest BCUT2D eigenvalue weighted by molar-refractivity contribution is 0.104. The van der Waals surface area contributed by atoms with Crippen molar-refractivity contribution in [2.45, 2.75) is 0 Å². The van der Waals surface area contributed by atoms with Crippen molar-refractivity contribution in [1.29, 1.82) is 0 Å². The summed E-state index contributed by atoms with van der Waals surface area (Å²) in [5.41, 5.74) is -0.0400. The van der Waals surface area contributed by atoms with Gasteiger partial charge in [0.2, 0.25) is 5.78 Å². The maximum atomic E-state index is 12.9. The van der Waals surface area contributed by atoms with Crippen molar-refractivity contribution in [2.24, 2.45) is 0 Å². The predicted octanol–water partition coefficient (Wildman–Crippen LogP) is 3.91. The molecule has 1 aromatic heterocycles. The summed E-state index contributed by atoms with van der Waals surface area (Å²) in [6.07, 6.45) is 0. The van der Waals surface area contributed by atoms with Gasteiger partial charge >= 0.3 is 0 Å². The summed E-state index contributed by atoms with van der Waals surface area (Å²) in [6.45, 7) is 0. The van der Waals surface area contributed by atoms with E-state index < -0.39 is 17.4 Å². The van der Waals surface area contributed by atoms with E-state index in [1.165, 1.54) is 0 Å². The fourth-order valence-corrected chi connectivity index (χ4v) is 2.37. The normalized spacial score (nSPS) is 10.4. The lowest BCUT2D eigenvalue weighted by atomic mass is 10.1. The van der Waals surface area contributed by atoms with Crippen molar-refractivity contribution in [3.8, 4) is 0 Å². The molecule has 0 fully saturated rings. The second kappa shape index (κ2) is 4.31. The van der Waals surface area contributed by atoms with E-state index >= 15 is 0 Å². The minimum atomic E-state index is -0.781. The molecule has 0 saturated carbocycles. The Labute approximate surface area is 99.3 Å². The van der Waals surface area contributed by atoms with Crippen LogP contribution in [-0.4, -0.2) is 5.78 Å². The summed E-state index contributed by atoms with van der Waals surface area (Å²) < 4.78 is 25.8. The number of carbonyl (C=O) groups is 1. The molecule has 1 heterocycles. The van der Waals surface area contributed by atoms with Crippen LogP contribution in [0.3, 0.4) is 0 Å². The van der Waals surface area contributed by atoms with Gasteiger partial charge in [-0.15, -0.1) is 11.3 Å². The summed E-state index contributed by atoms with van der Waals surface area (Å²) in [6, 6.07) is 4.25. The summed E-state index contributed by atoms with van der Waals surface area (Å²) in [5, 5.41) is 1.94. The molecule has 0 radical (unpaired) electrons. The molecule has 5 heteroatoms. The first-order chi connectivity index (χ1) is 7.58. The second-order valence-electron chi connectivity index (χ2n) is 3.08. The molecular weight excluding hydrogens is 254 g/mol. The number of benzene rings is 1. The van der Waals surface area contributed by atoms with Gasteiger partial charge in [0.15, 0.2) is 0 Å². The molecule has 1 aromatic carbocycles. The topological polar surface area (TPSA) is 17.1 Å². The molecule has 0 spiro atoms. The second-order valence-corrected chi connectivity index (χ2v) is 4.41. The van der Waals surface area contributed by atoms with Crippen LogP contribution >= 0.6 is 22.9 Å². The van der Waals surface area contributed by atoms with Crippen molar-refractivity contribution >= 4 is 28.7 Å². The Morgan fingerprint density at radius 2 is 1.81 bits per heavy atom. The Morgan fingerprint density at radius 1 is 1.19 bits per heavy atom. The van der Waals surface area contributed by atoms with Gasteiger partial charge in [-0.3, -0.25) is 4.79 Å². The van der Waals surface area contributed by atoms with E-state index in [2.05, 4.69) is 0 Å². The highest BCUT2D eigenvalue weighted by Crippen LogP contribution is 2.25. The van der Waals surface area contributed by atoms with E-state index in [-0.39, 0.29) is 10.4 Å². The van der Waals surface area contributed by atoms with Gasteiger partial charge in [0, 0.05) is 11.6 Å². The number of thiophene rings is 1. The number of halogens is 3. The third-order valence-corrected chi connectivity index (χ3v) is 3.29. The van der Waals surface area contributed by atoms with Gasteiger partial charge in [0.1, 0.15) is 11.6 Å². The first kappa shape index (κ1) is 11.2. The molecule has 0 aliphatic carbocycles. The van der Waals surface area contributed by atoms with Crippen LogP contribution < -0.4 is 0 Å². The van der Waals surface area contributed by atoms with Crippen molar-refractivity contribution < 1.29 is 13.6 Å². The average Bonchev–Trinajstić information content (AvgIpc) is 2.62. The smallest absolute Gasteiger partial charge is 0.204 e. The lowest BCUT2D eigenvalue weighted by Crippen LogP contribution is -2.00. The largest absolute Gasteiger partial charge is 0.288 e. The zero-order valence-corrected chi connectivity index (χ0v) is 9.41. The monoisotopic (exact) mass is 258 g/mol. The van der Waals surface area contributed by atoms with Crippen molar-refractivity contribution in [3.63, 3.8) is 0 Å². The quantitative estimate of drug-likeness (QED) is 0.747. The number of hydrogen-bond donors (Lipinski definition) is 0. The zero-order chi connectivity index (χ0) is 11.7. The molecule has 0 aliphatic heterocycles. The third kappa shape index (κ3) is 2.13. The summed E-state index contributed by atoms with van der Waals surface area (Å²) in [7, 11) is 0. The molecule has 2 aromatic rings. The fraction of sp³-hybridized carbons (Fsp3) is 0. The first-order valence-corrected chi connectivity index (χ1v) is 5.57. The van der Waals surface area contributed by atoms with E-state index in [0.717, 1.165) is 23.5 Å². The molecule has 16 heavy (non-hydrogen) atoms. The minimum Gasteiger partial charge on any atom is -0.288 e. The van der Waals surface area contributed by atoms with Gasteiger partial charge in [-0.1, -0.05) is 11.6 Å². The first-order valence-electron chi connectivity index (χ1n) is 4.31. The molecule has 0 unspecified atom stereocenters. The lowest BCUT2D eigenvalue weighted by Gasteiger charge is -2.00. The van der Waals surface area contributed by atoms with Crippen LogP contribution in [0.15, 0.2) is 29.6 Å². The van der Waals surface area contributed by atoms with E-state index in [0.29, 0.717) is 11.1 Å². The van der Waals surface area contributed by atoms with Crippen LogP contribution in [0.25, 0.3) is 0 Å². The van der Waals surface area contributed by atoms with Crippen LogP contribution in [0.1, 0.15) is 15.2 Å². The predicted molar refractivity (Wildman–Crippen MR) is 59.1 cm³/mol. The molecule has 2 rings (SSSR count). The molecule has 0 amide bonds. The average molecular weight is 259 g/mol. The van der Waals surface area contributed by atoms with Crippen LogP contribution in [-0.2, 0) is 0 Å². The summed E-state index contributed by atoms with van der Waals surface area (Å²) >= 11 is 6.90. The maximum absolute atomic E-state index is 12.9. The molecule has 0 N–H and O–H groups in total. The van der Waals surface area contributed by atoms with Gasteiger partial charge in [0.25, 0.3) is 0 Å². The van der Waals surface area contributed by atoms with Crippen LogP contribution in [0.5, 0.6) is 0 Å². The molecule has 0 saturated heterocycles. The highest BCUT2D eigenvalue weighted by atomic mass is 35.5. The Hall–Kier alpha value is -1.26. The van der Waals surface area contributed by atoms with Crippen LogP contribution in [0, 0.1) is 11.6 Å². The third-order valence-electron chi connectivity index (χ3n) is 1.95. The van der Waals surface area contributed by atoms with Crippen molar-refractivity contribution in [2.75, 3.05) is 0 Å². The van der Waals surface area contributed by atoms with Gasteiger partial charge < -0.3 is 0 Å². The van der Waals surface area contributed by atoms with Crippen LogP contribution in [0.4, 0.5) is 8.78 Å². The maximum Gasteiger partial charge on any atom is 0.204 e. The summed E-state index contributed by atoms with van der Waals surface area (Å²) in [5.74, 6) is -2.04. The molecule has 0 atom stereocenters. The Bertz CT molecular complexity index is 530. The highest BCUT2D eigenvalue weighted by molar-refractivity contribution is 7.13. The van der Waals surface area contributed by atoms with E-state index in [1.54, 1.807) is 11.4 Å². The van der Waals surface area contributed by atoms with Gasteiger partial charge in [-0.2, -0.15) is 0 Å². The van der Waals surface area contributed by atoms with Crippen molar-refractivity contribution in [1.82, 2.24) is 0 Å². The Kier molecular flexibility index (Phi) is 3.03. The van der Waals surface area contributed by atoms with Crippen LogP contribution in [0.2, 0.25) is 5.02 Å². The number of rotatable bonds is 2. The molecule has 0 bridgehead atoms. The SMILES string of the molecule is O=C(c1cc(F)cc(F)c1)c1sccc1Cl. The van der Waals surface area contributed by atoms with E-state index in [1.807, 2.05) is 0 Å². The Morgan fingerprint density at radius 3 is 2.31 bits per heavy atom. The van der Waals surface area contributed by atoms with Gasteiger partial charge in [0.05, 0.1) is 9.90 Å². The number of hydrogen-bond acceptors (Lipinski definition) is 2. The highest BCUT2D eigenvalue weighted by Gasteiger charge is 2.15.